The van der Waals surface area contributed by atoms with Gasteiger partial charge >= 0.3 is 11.7 Å². The number of aryl methyl sites for hydroxylation is 1. The SMILES string of the molecule is COC(=O)C1CCCC(Nc2nc3c(c(=O)n(Cc4ccc(Cl)c(Cl)c4)c(=O)n3C)n2CCO)C1. The molecule has 10 nitrogen and oxygen atoms in total. The highest BCUT2D eigenvalue weighted by atomic mass is 35.5. The van der Waals surface area contributed by atoms with Gasteiger partial charge in [-0.3, -0.25) is 18.7 Å². The van der Waals surface area contributed by atoms with Crippen molar-refractivity contribution in [2.75, 3.05) is 19.0 Å². The highest BCUT2D eigenvalue weighted by Crippen LogP contribution is 2.28. The Morgan fingerprint density at radius 2 is 2.00 bits per heavy atom. The number of aliphatic hydroxyl groups is 1. The van der Waals surface area contributed by atoms with Crippen LogP contribution in [0.4, 0.5) is 5.95 Å². The summed E-state index contributed by atoms with van der Waals surface area (Å²) in [6, 6.07) is 4.84. The molecule has 2 aromatic heterocycles. The van der Waals surface area contributed by atoms with Gasteiger partial charge < -0.3 is 19.7 Å². The zero-order chi connectivity index (χ0) is 25.3. The number of hydrogen-bond donors (Lipinski definition) is 2. The van der Waals surface area contributed by atoms with Crippen molar-refractivity contribution in [3.63, 3.8) is 0 Å². The molecule has 2 unspecified atom stereocenters. The van der Waals surface area contributed by atoms with Crippen LogP contribution in [0.3, 0.4) is 0 Å². The Hall–Kier alpha value is -2.82. The van der Waals surface area contributed by atoms with Crippen LogP contribution in [-0.2, 0) is 29.7 Å². The third-order valence-corrected chi connectivity index (χ3v) is 7.16. The molecule has 1 aliphatic rings. The third kappa shape index (κ3) is 4.96. The van der Waals surface area contributed by atoms with Crippen molar-refractivity contribution in [2.24, 2.45) is 13.0 Å². The molecule has 35 heavy (non-hydrogen) atoms. The molecule has 0 spiro atoms. The second-order valence-corrected chi connectivity index (χ2v) is 9.51. The Bertz CT molecular complexity index is 1380. The Morgan fingerprint density at radius 1 is 1.23 bits per heavy atom. The molecule has 188 valence electrons. The highest BCUT2D eigenvalue weighted by Gasteiger charge is 2.29. The van der Waals surface area contributed by atoms with Crippen molar-refractivity contribution < 1.29 is 14.6 Å². The van der Waals surface area contributed by atoms with Crippen molar-refractivity contribution >= 4 is 46.3 Å². The van der Waals surface area contributed by atoms with E-state index in [2.05, 4.69) is 10.3 Å². The van der Waals surface area contributed by atoms with Crippen LogP contribution in [0.15, 0.2) is 27.8 Å². The largest absolute Gasteiger partial charge is 0.469 e. The van der Waals surface area contributed by atoms with Crippen molar-refractivity contribution in [1.29, 1.82) is 0 Å². The molecule has 4 rings (SSSR count). The summed E-state index contributed by atoms with van der Waals surface area (Å²) >= 11 is 12.1. The molecule has 1 aliphatic carbocycles. The average molecular weight is 524 g/mol. The number of fused-ring (bicyclic) bond motifs is 1. The van der Waals surface area contributed by atoms with Crippen molar-refractivity contribution in [3.05, 3.63) is 54.6 Å². The van der Waals surface area contributed by atoms with E-state index in [0.717, 1.165) is 23.8 Å². The number of anilines is 1. The molecule has 1 saturated carbocycles. The number of carbonyl (C=O) groups excluding carboxylic acids is 1. The Kier molecular flexibility index (Phi) is 7.53. The van der Waals surface area contributed by atoms with Crippen LogP contribution in [0.2, 0.25) is 10.0 Å². The fourth-order valence-corrected chi connectivity index (χ4v) is 4.96. The zero-order valence-corrected chi connectivity index (χ0v) is 21.0. The summed E-state index contributed by atoms with van der Waals surface area (Å²) in [5, 5.41) is 13.7. The molecule has 0 aliphatic heterocycles. The molecule has 2 N–H and O–H groups in total. The van der Waals surface area contributed by atoms with Crippen LogP contribution in [0.25, 0.3) is 11.2 Å². The van der Waals surface area contributed by atoms with Gasteiger partial charge in [0.15, 0.2) is 11.2 Å². The number of rotatable bonds is 7. The number of esters is 1. The zero-order valence-electron chi connectivity index (χ0n) is 19.5. The molecule has 2 atom stereocenters. The van der Waals surface area contributed by atoms with E-state index in [1.54, 1.807) is 29.8 Å². The van der Waals surface area contributed by atoms with Gasteiger partial charge in [-0.25, -0.2) is 4.79 Å². The molecule has 0 saturated heterocycles. The minimum Gasteiger partial charge on any atom is -0.469 e. The molecule has 0 amide bonds. The molecule has 0 bridgehead atoms. The van der Waals surface area contributed by atoms with Gasteiger partial charge in [-0.05, 0) is 37.0 Å². The molecular weight excluding hydrogens is 497 g/mol. The molecule has 2 heterocycles. The van der Waals surface area contributed by atoms with Crippen molar-refractivity contribution in [3.8, 4) is 0 Å². The van der Waals surface area contributed by atoms with E-state index >= 15 is 0 Å². The van der Waals surface area contributed by atoms with Gasteiger partial charge in [0.25, 0.3) is 5.56 Å². The summed E-state index contributed by atoms with van der Waals surface area (Å²) < 4.78 is 8.91. The number of hydrogen-bond acceptors (Lipinski definition) is 7. The summed E-state index contributed by atoms with van der Waals surface area (Å²) in [7, 11) is 2.92. The fraction of sp³-hybridized carbons (Fsp3) is 0.478. The van der Waals surface area contributed by atoms with Gasteiger partial charge in [0.1, 0.15) is 0 Å². The standard InChI is InChI=1S/C23H27Cl2N5O5/c1-28-19-18(20(32)30(23(28)34)12-13-6-7-16(24)17(25)10-13)29(8-9-31)22(27-19)26-15-5-3-4-14(11-15)21(33)35-2/h6-7,10,14-15,31H,3-5,8-9,11-12H2,1-2H3,(H,26,27). The van der Waals surface area contributed by atoms with Crippen molar-refractivity contribution in [2.45, 2.75) is 44.8 Å². The summed E-state index contributed by atoms with van der Waals surface area (Å²) in [5.41, 5.74) is -0.0114. The van der Waals surface area contributed by atoms with Crippen molar-refractivity contribution in [1.82, 2.24) is 18.7 Å². The van der Waals surface area contributed by atoms with E-state index in [4.69, 9.17) is 27.9 Å². The minimum absolute atomic E-state index is 0.00512. The van der Waals surface area contributed by atoms with Gasteiger partial charge in [-0.1, -0.05) is 35.7 Å². The number of aromatic nitrogens is 4. The van der Waals surface area contributed by atoms with E-state index in [-0.39, 0.29) is 48.8 Å². The summed E-state index contributed by atoms with van der Waals surface area (Å²) in [6.45, 7) is -0.133. The number of ether oxygens (including phenoxy) is 1. The predicted molar refractivity (Wildman–Crippen MR) is 133 cm³/mol. The molecule has 1 aromatic carbocycles. The van der Waals surface area contributed by atoms with Gasteiger partial charge in [-0.2, -0.15) is 4.98 Å². The van der Waals surface area contributed by atoms with E-state index in [9.17, 15) is 19.5 Å². The lowest BCUT2D eigenvalue weighted by molar-refractivity contribution is -0.146. The second kappa shape index (κ2) is 10.4. The van der Waals surface area contributed by atoms with Crippen LogP contribution in [0.5, 0.6) is 0 Å². The maximum Gasteiger partial charge on any atom is 0.332 e. The second-order valence-electron chi connectivity index (χ2n) is 8.69. The van der Waals surface area contributed by atoms with E-state index in [1.807, 2.05) is 0 Å². The fourth-order valence-electron chi connectivity index (χ4n) is 4.64. The number of nitrogens with one attached hydrogen (secondary N) is 1. The van der Waals surface area contributed by atoms with Crippen LogP contribution in [0, 0.1) is 5.92 Å². The number of benzene rings is 1. The first kappa shape index (κ1) is 25.3. The van der Waals surface area contributed by atoms with Gasteiger partial charge in [0.2, 0.25) is 5.95 Å². The molecule has 0 radical (unpaired) electrons. The monoisotopic (exact) mass is 523 g/mol. The number of halogens is 2. The first-order valence-corrected chi connectivity index (χ1v) is 12.1. The number of carbonyl (C=O) groups is 1. The highest BCUT2D eigenvalue weighted by molar-refractivity contribution is 6.42. The maximum absolute atomic E-state index is 13.5. The van der Waals surface area contributed by atoms with Crippen LogP contribution < -0.4 is 16.6 Å². The van der Waals surface area contributed by atoms with E-state index < -0.39 is 11.2 Å². The predicted octanol–water partition coefficient (Wildman–Crippen LogP) is 2.39. The van der Waals surface area contributed by atoms with Gasteiger partial charge in [0.05, 0.1) is 36.2 Å². The summed E-state index contributed by atoms with van der Waals surface area (Å²) in [4.78, 5) is 43.1. The first-order valence-electron chi connectivity index (χ1n) is 11.3. The molecule has 1 fully saturated rings. The van der Waals surface area contributed by atoms with E-state index in [1.165, 1.54) is 11.7 Å². The van der Waals surface area contributed by atoms with Crippen LogP contribution in [0.1, 0.15) is 31.2 Å². The Balaban J connectivity index is 1.76. The number of aliphatic hydroxyl groups excluding tert-OH is 1. The van der Waals surface area contributed by atoms with E-state index in [0.29, 0.717) is 28.0 Å². The normalized spacial score (nSPS) is 18.1. The van der Waals surface area contributed by atoms with Crippen LogP contribution >= 0.6 is 23.2 Å². The quantitative estimate of drug-likeness (QED) is 0.456. The molecule has 3 aromatic rings. The summed E-state index contributed by atoms with van der Waals surface area (Å²) in [6.07, 6.45) is 2.98. The minimum atomic E-state index is -0.530. The number of nitrogens with zero attached hydrogens (tertiary/aromatic N) is 4. The maximum atomic E-state index is 13.5. The van der Waals surface area contributed by atoms with Gasteiger partial charge in [-0.15, -0.1) is 0 Å². The first-order chi connectivity index (χ1) is 16.7. The number of imidazole rings is 1. The average Bonchev–Trinajstić information content (AvgIpc) is 3.20. The third-order valence-electron chi connectivity index (χ3n) is 6.42. The topological polar surface area (TPSA) is 120 Å². The molecular formula is C23H27Cl2N5O5. The lowest BCUT2D eigenvalue weighted by Gasteiger charge is -2.28. The summed E-state index contributed by atoms with van der Waals surface area (Å²) in [5.74, 6) is -0.0911. The smallest absolute Gasteiger partial charge is 0.332 e. The lowest BCUT2D eigenvalue weighted by Crippen LogP contribution is -2.40. The van der Waals surface area contributed by atoms with Gasteiger partial charge in [0, 0.05) is 19.6 Å². The Morgan fingerprint density at radius 3 is 2.69 bits per heavy atom. The van der Waals surface area contributed by atoms with Crippen LogP contribution in [-0.4, -0.2) is 49.5 Å². The number of methoxy groups -OCH3 is 1. The Labute approximate surface area is 211 Å². The lowest BCUT2D eigenvalue weighted by atomic mass is 9.86. The molecule has 12 heteroatoms.